The molecule has 1 rings (SSSR count). The molecule has 0 nitrogen and oxygen atoms in total. The van der Waals surface area contributed by atoms with Crippen molar-refractivity contribution in [3.8, 4) is 12.3 Å². The summed E-state index contributed by atoms with van der Waals surface area (Å²) in [5.74, 6) is 2.78. The molecule has 0 unspecified atom stereocenters. The summed E-state index contributed by atoms with van der Waals surface area (Å²) in [5.41, 5.74) is 6.59. The van der Waals surface area contributed by atoms with Gasteiger partial charge in [-0.2, -0.15) is 0 Å². The van der Waals surface area contributed by atoms with Crippen LogP contribution in [0.3, 0.4) is 0 Å². The van der Waals surface area contributed by atoms with Gasteiger partial charge in [0.05, 0.1) is 0 Å². The van der Waals surface area contributed by atoms with Crippen molar-refractivity contribution in [3.63, 3.8) is 0 Å². The van der Waals surface area contributed by atoms with E-state index in [1.54, 1.807) is 0 Å². The Hall–Kier alpha value is -1.22. The lowest BCUT2D eigenvalue weighted by molar-refractivity contribution is 1.02. The normalized spacial score (nSPS) is 9.93. The lowest BCUT2D eigenvalue weighted by atomic mass is 9.90. The molecule has 0 atom stereocenters. The zero-order valence-corrected chi connectivity index (χ0v) is 9.57. The summed E-state index contributed by atoms with van der Waals surface area (Å²) in [5, 5.41) is 0. The molecule has 0 radical (unpaired) electrons. The van der Waals surface area contributed by atoms with Crippen LogP contribution in [-0.2, 0) is 12.8 Å². The Bertz CT molecular complexity index is 378. The van der Waals surface area contributed by atoms with Crippen LogP contribution in [0.2, 0.25) is 0 Å². The van der Waals surface area contributed by atoms with Gasteiger partial charge in [0.25, 0.3) is 0 Å². The van der Waals surface area contributed by atoms with Crippen LogP contribution in [-0.4, -0.2) is 0 Å². The Kier molecular flexibility index (Phi) is 3.36. The average molecular weight is 186 g/mol. The van der Waals surface area contributed by atoms with Crippen molar-refractivity contribution < 1.29 is 0 Å². The first kappa shape index (κ1) is 10.9. The van der Waals surface area contributed by atoms with Crippen molar-refractivity contribution in [1.82, 2.24) is 0 Å². The number of hydrogen-bond donors (Lipinski definition) is 0. The minimum absolute atomic E-state index is 1.03. The first-order valence-corrected chi connectivity index (χ1v) is 5.24. The first-order chi connectivity index (χ1) is 6.65. The molecular weight excluding hydrogens is 168 g/mol. The van der Waals surface area contributed by atoms with E-state index in [0.717, 1.165) is 18.4 Å². The minimum Gasteiger partial charge on any atom is -0.115 e. The maximum Gasteiger partial charge on any atom is 0.0279 e. The van der Waals surface area contributed by atoms with Gasteiger partial charge in [0, 0.05) is 5.56 Å². The molecule has 1 aromatic rings. The highest BCUT2D eigenvalue weighted by Crippen LogP contribution is 2.23. The van der Waals surface area contributed by atoms with Crippen LogP contribution in [0.15, 0.2) is 6.07 Å². The van der Waals surface area contributed by atoms with Crippen LogP contribution in [0.5, 0.6) is 0 Å². The van der Waals surface area contributed by atoms with E-state index in [9.17, 15) is 0 Å². The lowest BCUT2D eigenvalue weighted by Gasteiger charge is -2.14. The molecule has 0 bridgehead atoms. The first-order valence-electron chi connectivity index (χ1n) is 5.24. The number of benzene rings is 1. The molecule has 0 heterocycles. The standard InChI is InChI=1S/C14H18/c1-6-12-9-10(4)13(7-2)11(5)14(12)8-3/h1,9H,7-8H2,2-5H3. The lowest BCUT2D eigenvalue weighted by Crippen LogP contribution is -2.00. The van der Waals surface area contributed by atoms with E-state index in [1.807, 2.05) is 0 Å². The fraction of sp³-hybridized carbons (Fsp3) is 0.429. The van der Waals surface area contributed by atoms with Gasteiger partial charge in [-0.25, -0.2) is 0 Å². The molecule has 0 saturated carbocycles. The predicted octanol–water partition coefficient (Wildman–Crippen LogP) is 3.41. The predicted molar refractivity (Wildman–Crippen MR) is 62.6 cm³/mol. The van der Waals surface area contributed by atoms with Gasteiger partial charge >= 0.3 is 0 Å². The van der Waals surface area contributed by atoms with Crippen molar-refractivity contribution in [2.45, 2.75) is 40.5 Å². The summed E-state index contributed by atoms with van der Waals surface area (Å²) in [6, 6.07) is 2.14. The third kappa shape index (κ3) is 1.68. The Morgan fingerprint density at radius 3 is 2.14 bits per heavy atom. The second-order valence-corrected chi connectivity index (χ2v) is 3.67. The molecule has 0 heteroatoms. The molecule has 74 valence electrons. The third-order valence-corrected chi connectivity index (χ3v) is 2.93. The van der Waals surface area contributed by atoms with E-state index in [1.165, 1.54) is 22.3 Å². The van der Waals surface area contributed by atoms with Gasteiger partial charge in [-0.05, 0) is 55.0 Å². The Balaban J connectivity index is 3.49. The highest BCUT2D eigenvalue weighted by Gasteiger charge is 2.08. The van der Waals surface area contributed by atoms with E-state index < -0.39 is 0 Å². The van der Waals surface area contributed by atoms with Crippen LogP contribution in [0.1, 0.15) is 41.7 Å². The second-order valence-electron chi connectivity index (χ2n) is 3.67. The van der Waals surface area contributed by atoms with Crippen LogP contribution in [0.4, 0.5) is 0 Å². The van der Waals surface area contributed by atoms with Crippen molar-refractivity contribution in [2.24, 2.45) is 0 Å². The highest BCUT2D eigenvalue weighted by molar-refractivity contribution is 5.51. The molecule has 0 aliphatic heterocycles. The molecule has 0 N–H and O–H groups in total. The number of aryl methyl sites for hydroxylation is 1. The number of hydrogen-bond acceptors (Lipinski definition) is 0. The number of rotatable bonds is 2. The van der Waals surface area contributed by atoms with Crippen LogP contribution in [0.25, 0.3) is 0 Å². The average Bonchev–Trinajstić information content (AvgIpc) is 2.17. The van der Waals surface area contributed by atoms with Gasteiger partial charge in [-0.1, -0.05) is 19.8 Å². The van der Waals surface area contributed by atoms with Crippen molar-refractivity contribution in [3.05, 3.63) is 33.9 Å². The van der Waals surface area contributed by atoms with E-state index in [0.29, 0.717) is 0 Å². The SMILES string of the molecule is C#Cc1cc(C)c(CC)c(C)c1CC. The molecule has 0 spiro atoms. The summed E-state index contributed by atoms with van der Waals surface area (Å²) in [4.78, 5) is 0. The highest BCUT2D eigenvalue weighted by atomic mass is 14.1. The zero-order valence-electron chi connectivity index (χ0n) is 9.57. The van der Waals surface area contributed by atoms with Crippen LogP contribution in [0, 0.1) is 26.2 Å². The molecule has 0 amide bonds. The summed E-state index contributed by atoms with van der Waals surface area (Å²) in [6.45, 7) is 8.69. The van der Waals surface area contributed by atoms with E-state index in [4.69, 9.17) is 6.42 Å². The molecular formula is C14H18. The van der Waals surface area contributed by atoms with Gasteiger partial charge in [0.1, 0.15) is 0 Å². The molecule has 0 aliphatic carbocycles. The second kappa shape index (κ2) is 4.33. The molecule has 1 aromatic carbocycles. The van der Waals surface area contributed by atoms with Crippen LogP contribution >= 0.6 is 0 Å². The molecule has 14 heavy (non-hydrogen) atoms. The maximum atomic E-state index is 5.51. The van der Waals surface area contributed by atoms with Crippen molar-refractivity contribution in [2.75, 3.05) is 0 Å². The molecule has 0 aromatic heterocycles. The third-order valence-electron chi connectivity index (χ3n) is 2.93. The number of terminal acetylenes is 1. The summed E-state index contributed by atoms with van der Waals surface area (Å²) in [7, 11) is 0. The molecule has 0 fully saturated rings. The summed E-state index contributed by atoms with van der Waals surface area (Å²) < 4.78 is 0. The van der Waals surface area contributed by atoms with Crippen molar-refractivity contribution in [1.29, 1.82) is 0 Å². The monoisotopic (exact) mass is 186 g/mol. The van der Waals surface area contributed by atoms with Gasteiger partial charge < -0.3 is 0 Å². The van der Waals surface area contributed by atoms with Crippen molar-refractivity contribution >= 4 is 0 Å². The van der Waals surface area contributed by atoms with Gasteiger partial charge in [-0.15, -0.1) is 6.42 Å². The van der Waals surface area contributed by atoms with Crippen LogP contribution < -0.4 is 0 Å². The van der Waals surface area contributed by atoms with E-state index in [2.05, 4.69) is 39.7 Å². The fourth-order valence-corrected chi connectivity index (χ4v) is 2.20. The largest absolute Gasteiger partial charge is 0.115 e. The Morgan fingerprint density at radius 1 is 1.14 bits per heavy atom. The van der Waals surface area contributed by atoms with E-state index in [-0.39, 0.29) is 0 Å². The van der Waals surface area contributed by atoms with Gasteiger partial charge in [-0.3, -0.25) is 0 Å². The smallest absolute Gasteiger partial charge is 0.0279 e. The maximum absolute atomic E-state index is 5.51. The minimum atomic E-state index is 1.03. The topological polar surface area (TPSA) is 0 Å². The quantitative estimate of drug-likeness (QED) is 0.621. The van der Waals surface area contributed by atoms with Gasteiger partial charge in [0.15, 0.2) is 0 Å². The molecule has 0 saturated heterocycles. The van der Waals surface area contributed by atoms with E-state index >= 15 is 0 Å². The summed E-state index contributed by atoms with van der Waals surface area (Å²) >= 11 is 0. The Labute approximate surface area is 87.4 Å². The Morgan fingerprint density at radius 2 is 1.71 bits per heavy atom. The summed E-state index contributed by atoms with van der Waals surface area (Å²) in [6.07, 6.45) is 7.62. The molecule has 0 aliphatic rings. The van der Waals surface area contributed by atoms with Gasteiger partial charge in [0.2, 0.25) is 0 Å². The fourth-order valence-electron chi connectivity index (χ4n) is 2.20. The zero-order chi connectivity index (χ0) is 10.7.